The normalized spacial score (nSPS) is 22.9. The van der Waals surface area contributed by atoms with E-state index in [1.165, 1.54) is 11.8 Å². The third-order valence-electron chi connectivity index (χ3n) is 6.75. The van der Waals surface area contributed by atoms with Crippen molar-refractivity contribution in [1.29, 1.82) is 0 Å². The third kappa shape index (κ3) is 5.40. The number of carboxylic acids is 1. The van der Waals surface area contributed by atoms with E-state index in [9.17, 15) is 18.3 Å². The number of carbonyl (C=O) groups is 1. The number of nitrogens with one attached hydrogen (secondary N) is 1. The van der Waals surface area contributed by atoms with Crippen LogP contribution >= 0.6 is 23.4 Å². The molecule has 1 fully saturated rings. The van der Waals surface area contributed by atoms with Crippen molar-refractivity contribution in [2.24, 2.45) is 0 Å². The van der Waals surface area contributed by atoms with E-state index in [0.29, 0.717) is 18.0 Å². The molecule has 0 bridgehead atoms. The number of rotatable bonds is 9. The van der Waals surface area contributed by atoms with Crippen molar-refractivity contribution in [3.8, 4) is 0 Å². The lowest BCUT2D eigenvalue weighted by Crippen LogP contribution is -2.47. The molecule has 7 nitrogen and oxygen atoms in total. The van der Waals surface area contributed by atoms with Gasteiger partial charge in [0.25, 0.3) is 0 Å². The average Bonchev–Trinajstić information content (AvgIpc) is 3.38. The van der Waals surface area contributed by atoms with Crippen LogP contribution in [0.1, 0.15) is 35.4 Å². The molecule has 37 heavy (non-hydrogen) atoms. The first-order valence-corrected chi connectivity index (χ1v) is 14.6. The number of hydrogen-bond donors (Lipinski definition) is 2. The van der Waals surface area contributed by atoms with Crippen LogP contribution in [0.4, 0.5) is 5.69 Å². The van der Waals surface area contributed by atoms with Gasteiger partial charge < -0.3 is 10.0 Å². The highest BCUT2D eigenvalue weighted by molar-refractivity contribution is 8.18. The van der Waals surface area contributed by atoms with Gasteiger partial charge in [-0.15, -0.1) is 11.8 Å². The predicted octanol–water partition coefficient (Wildman–Crippen LogP) is 5.11. The minimum Gasteiger partial charge on any atom is -0.480 e. The summed E-state index contributed by atoms with van der Waals surface area (Å²) < 4.78 is 28.4. The number of anilines is 1. The molecule has 3 unspecified atom stereocenters. The van der Waals surface area contributed by atoms with Crippen LogP contribution < -0.4 is 9.62 Å². The summed E-state index contributed by atoms with van der Waals surface area (Å²) >= 11 is 7.19. The largest absolute Gasteiger partial charge is 0.480 e. The van der Waals surface area contributed by atoms with E-state index in [-0.39, 0.29) is 6.42 Å². The quantitative estimate of drug-likeness (QED) is 0.378. The van der Waals surface area contributed by atoms with E-state index >= 15 is 0 Å². The first-order chi connectivity index (χ1) is 17.7. The van der Waals surface area contributed by atoms with Gasteiger partial charge in [0.15, 0.2) is 0 Å². The Balaban J connectivity index is 1.30. The van der Waals surface area contributed by atoms with Crippen LogP contribution in [-0.4, -0.2) is 41.6 Å². The molecule has 3 aromatic rings. The first kappa shape index (κ1) is 25.8. The Bertz CT molecular complexity index is 1450. The average molecular weight is 556 g/mol. The number of hydrogen-bond acceptors (Lipinski definition) is 6. The van der Waals surface area contributed by atoms with Crippen molar-refractivity contribution in [3.05, 3.63) is 101 Å². The number of sulfonamides is 1. The van der Waals surface area contributed by atoms with Crippen LogP contribution in [0, 0.1) is 0 Å². The van der Waals surface area contributed by atoms with E-state index in [1.807, 2.05) is 61.7 Å². The lowest BCUT2D eigenvalue weighted by atomic mass is 10.1. The smallest absolute Gasteiger partial charge is 0.325 e. The lowest BCUT2D eigenvalue weighted by Gasteiger charge is -2.21. The molecule has 0 spiro atoms. The Morgan fingerprint density at radius 1 is 1.22 bits per heavy atom. The van der Waals surface area contributed by atoms with Crippen LogP contribution in [0.15, 0.2) is 79.1 Å². The van der Waals surface area contributed by atoms with Crippen molar-refractivity contribution in [2.45, 2.75) is 35.4 Å². The molecule has 1 saturated carbocycles. The Morgan fingerprint density at radius 2 is 2.00 bits per heavy atom. The molecule has 0 amide bonds. The van der Waals surface area contributed by atoms with Crippen LogP contribution in [0.2, 0.25) is 5.02 Å². The number of aromatic nitrogens is 1. The molecule has 3 atom stereocenters. The predicted molar refractivity (Wildman–Crippen MR) is 148 cm³/mol. The summed E-state index contributed by atoms with van der Waals surface area (Å²) in [6.45, 7) is 0.639. The van der Waals surface area contributed by atoms with Crippen LogP contribution in [0.3, 0.4) is 0 Å². The maximum Gasteiger partial charge on any atom is 0.325 e. The van der Waals surface area contributed by atoms with Gasteiger partial charge in [0.2, 0.25) is 10.0 Å². The van der Waals surface area contributed by atoms with E-state index < -0.39 is 32.0 Å². The number of pyridine rings is 1. The molecular formula is C27H26ClN3O4S2. The number of allylic oxidation sites excluding steroid dienone is 1. The molecule has 192 valence electrons. The summed E-state index contributed by atoms with van der Waals surface area (Å²) in [6.07, 6.45) is 5.90. The molecule has 2 heterocycles. The summed E-state index contributed by atoms with van der Waals surface area (Å²) in [6, 6.07) is 18.7. The number of halogens is 1. The van der Waals surface area contributed by atoms with Gasteiger partial charge in [-0.25, -0.2) is 8.42 Å². The molecule has 1 aliphatic carbocycles. The van der Waals surface area contributed by atoms with Gasteiger partial charge in [-0.1, -0.05) is 48.0 Å². The summed E-state index contributed by atoms with van der Waals surface area (Å²) in [5.41, 5.74) is 2.09. The maximum atomic E-state index is 13.3. The van der Waals surface area contributed by atoms with Crippen molar-refractivity contribution >= 4 is 49.9 Å². The molecule has 0 saturated heterocycles. The second kappa shape index (κ2) is 10.1. The van der Waals surface area contributed by atoms with Crippen LogP contribution in [0.5, 0.6) is 0 Å². The number of benzene rings is 2. The first-order valence-electron chi connectivity index (χ1n) is 11.8. The molecule has 2 aromatic carbocycles. The monoisotopic (exact) mass is 555 g/mol. The number of aliphatic carboxylic acids is 1. The Morgan fingerprint density at radius 3 is 2.70 bits per heavy atom. The van der Waals surface area contributed by atoms with Crippen molar-refractivity contribution < 1.29 is 18.3 Å². The van der Waals surface area contributed by atoms with E-state index in [2.05, 4.69) is 14.6 Å². The Kier molecular flexibility index (Phi) is 7.06. The van der Waals surface area contributed by atoms with Crippen LogP contribution in [-0.2, 0) is 21.4 Å². The van der Waals surface area contributed by atoms with Gasteiger partial charge in [0, 0.05) is 47.5 Å². The highest BCUT2D eigenvalue weighted by Gasteiger charge is 2.64. The minimum absolute atomic E-state index is 0.201. The summed E-state index contributed by atoms with van der Waals surface area (Å²) in [5.74, 6) is -1.62. The molecule has 1 aromatic heterocycles. The number of nitrogens with zero attached hydrogens (tertiary/aromatic N) is 2. The van der Waals surface area contributed by atoms with Gasteiger partial charge in [-0.3, -0.25) is 9.78 Å². The molecule has 1 aliphatic heterocycles. The van der Waals surface area contributed by atoms with E-state index in [1.54, 1.807) is 24.5 Å². The third-order valence-corrected chi connectivity index (χ3v) is 10.7. The zero-order valence-electron chi connectivity index (χ0n) is 20.0. The molecule has 5 rings (SSSR count). The minimum atomic E-state index is -3.92. The lowest BCUT2D eigenvalue weighted by molar-refractivity contribution is -0.140. The standard InChI is InChI=1S/C27H26ClN3O4S2/c1-31(17-18-4-3-13-29-16-18)22-6-2-5-20(14-22)23-15-27(23,26(32)33)30-37(34,35)25-12-11-24(36-25)19-7-9-21(28)10-8-19/h2-11,13-14,16,23,25,30H,12,15,17H2,1H3,(H,32,33). The second-order valence-corrected chi connectivity index (χ2v) is 13.2. The Labute approximate surface area is 225 Å². The van der Waals surface area contributed by atoms with Crippen molar-refractivity contribution in [3.63, 3.8) is 0 Å². The summed E-state index contributed by atoms with van der Waals surface area (Å²) in [5, 5.41) is 10.7. The van der Waals surface area contributed by atoms with Gasteiger partial charge in [0.05, 0.1) is 0 Å². The molecule has 10 heteroatoms. The van der Waals surface area contributed by atoms with E-state index in [4.69, 9.17) is 11.6 Å². The van der Waals surface area contributed by atoms with Crippen molar-refractivity contribution in [1.82, 2.24) is 9.71 Å². The van der Waals surface area contributed by atoms with Crippen molar-refractivity contribution in [2.75, 3.05) is 11.9 Å². The topological polar surface area (TPSA) is 99.6 Å². The second-order valence-electron chi connectivity index (χ2n) is 9.35. The maximum absolute atomic E-state index is 13.3. The van der Waals surface area contributed by atoms with Gasteiger partial charge in [-0.2, -0.15) is 4.72 Å². The number of carboxylic acid groups (broad SMARTS) is 1. The van der Waals surface area contributed by atoms with Crippen LogP contribution in [0.25, 0.3) is 4.91 Å². The number of thioether (sulfide) groups is 1. The molecule has 0 radical (unpaired) electrons. The van der Waals surface area contributed by atoms with Gasteiger partial charge in [-0.05, 0) is 59.9 Å². The zero-order chi connectivity index (χ0) is 26.2. The zero-order valence-corrected chi connectivity index (χ0v) is 22.4. The summed E-state index contributed by atoms with van der Waals surface area (Å²) in [7, 11) is -1.97. The molecular weight excluding hydrogens is 530 g/mol. The SMILES string of the molecule is CN(Cc1cccnc1)c1cccc(C2CC2(NS(=O)(=O)C2CC=C(c3ccc(Cl)cc3)S2)C(=O)O)c1. The highest BCUT2D eigenvalue weighted by Crippen LogP contribution is 2.53. The van der Waals surface area contributed by atoms with Gasteiger partial charge >= 0.3 is 5.97 Å². The Hall–Kier alpha value is -2.85. The fourth-order valence-electron chi connectivity index (χ4n) is 4.64. The molecule has 2 N–H and O–H groups in total. The fraction of sp³-hybridized carbons (Fsp3) is 0.259. The van der Waals surface area contributed by atoms with E-state index in [0.717, 1.165) is 27.3 Å². The highest BCUT2D eigenvalue weighted by atomic mass is 35.5. The summed E-state index contributed by atoms with van der Waals surface area (Å²) in [4.78, 5) is 19.4. The fourth-order valence-corrected chi connectivity index (χ4v) is 7.97. The van der Waals surface area contributed by atoms with Gasteiger partial charge in [0.1, 0.15) is 10.1 Å². The molecule has 2 aliphatic rings.